The van der Waals surface area contributed by atoms with Crippen molar-refractivity contribution in [2.24, 2.45) is 5.73 Å². The van der Waals surface area contributed by atoms with Gasteiger partial charge in [0.25, 0.3) is 0 Å². The van der Waals surface area contributed by atoms with Crippen LogP contribution in [0.15, 0.2) is 18.3 Å². The van der Waals surface area contributed by atoms with E-state index in [1.165, 1.54) is 0 Å². The first-order valence-corrected chi connectivity index (χ1v) is 4.34. The van der Waals surface area contributed by atoms with Gasteiger partial charge in [0.1, 0.15) is 0 Å². The van der Waals surface area contributed by atoms with E-state index >= 15 is 0 Å². The fourth-order valence-electron chi connectivity index (χ4n) is 1.14. The summed E-state index contributed by atoms with van der Waals surface area (Å²) in [5.41, 5.74) is 5.67. The van der Waals surface area contributed by atoms with E-state index in [0.29, 0.717) is 0 Å². The Bertz CT molecular complexity index is 342. The number of nitrogens with zero attached hydrogens (tertiary/aromatic N) is 1. The molecule has 4 nitrogen and oxygen atoms in total. The van der Waals surface area contributed by atoms with Crippen LogP contribution in [0.25, 0.3) is 0 Å². The first-order chi connectivity index (χ1) is 6.41. The Labute approximate surface area is 83.1 Å². The number of aromatic nitrogens is 1. The van der Waals surface area contributed by atoms with Crippen LogP contribution in [0.3, 0.4) is 0 Å². The van der Waals surface area contributed by atoms with Crippen molar-refractivity contribution in [3.8, 4) is 5.88 Å². The molecule has 0 aromatic carbocycles. The van der Waals surface area contributed by atoms with Crippen LogP contribution in [-0.2, 0) is 5.41 Å². The van der Waals surface area contributed by atoms with Crippen LogP contribution in [-0.4, -0.2) is 11.1 Å². The van der Waals surface area contributed by atoms with Crippen molar-refractivity contribution in [1.82, 2.24) is 4.98 Å². The summed E-state index contributed by atoms with van der Waals surface area (Å²) < 4.78 is 4.80. The van der Waals surface area contributed by atoms with E-state index in [2.05, 4.69) is 4.98 Å². The molecule has 1 heterocycles. The minimum absolute atomic E-state index is 0.126. The summed E-state index contributed by atoms with van der Waals surface area (Å²) in [4.78, 5) is 14.6. The smallest absolute Gasteiger partial charge is 0.391 e. The van der Waals surface area contributed by atoms with Crippen molar-refractivity contribution in [1.29, 1.82) is 0 Å². The lowest BCUT2D eigenvalue weighted by Crippen LogP contribution is -2.21. The fraction of sp³-hybridized carbons (Fsp3) is 0.400. The van der Waals surface area contributed by atoms with E-state index in [1.807, 2.05) is 26.8 Å². The lowest BCUT2D eigenvalue weighted by atomic mass is 9.88. The van der Waals surface area contributed by atoms with Crippen molar-refractivity contribution < 1.29 is 9.53 Å². The van der Waals surface area contributed by atoms with Gasteiger partial charge in [-0.05, 0) is 11.5 Å². The minimum atomic E-state index is -0.839. The van der Waals surface area contributed by atoms with Gasteiger partial charge in [0.05, 0.1) is 0 Å². The van der Waals surface area contributed by atoms with Gasteiger partial charge >= 0.3 is 6.09 Å². The van der Waals surface area contributed by atoms with Crippen LogP contribution in [0, 0.1) is 0 Å². The summed E-state index contributed by atoms with van der Waals surface area (Å²) in [6, 6.07) is 3.67. The summed E-state index contributed by atoms with van der Waals surface area (Å²) in [5.74, 6) is 0.285. The number of carbonyl (C=O) groups is 1. The molecule has 0 spiro atoms. The number of pyridine rings is 1. The average Bonchev–Trinajstić information content (AvgIpc) is 2.01. The Morgan fingerprint density at radius 3 is 2.64 bits per heavy atom. The number of ether oxygens (including phenoxy) is 1. The van der Waals surface area contributed by atoms with Gasteiger partial charge in [-0.3, -0.25) is 0 Å². The maximum Gasteiger partial charge on any atom is 0.411 e. The topological polar surface area (TPSA) is 65.2 Å². The van der Waals surface area contributed by atoms with Gasteiger partial charge in [-0.15, -0.1) is 0 Å². The fourth-order valence-corrected chi connectivity index (χ4v) is 1.14. The molecule has 0 bridgehead atoms. The Morgan fingerprint density at radius 1 is 1.50 bits per heavy atom. The van der Waals surface area contributed by atoms with Gasteiger partial charge in [0.2, 0.25) is 5.88 Å². The highest BCUT2D eigenvalue weighted by molar-refractivity contribution is 5.68. The molecule has 2 N–H and O–H groups in total. The van der Waals surface area contributed by atoms with E-state index in [4.69, 9.17) is 10.5 Å². The van der Waals surface area contributed by atoms with Crippen LogP contribution in [0.1, 0.15) is 26.3 Å². The summed E-state index contributed by atoms with van der Waals surface area (Å²) in [6.45, 7) is 6.04. The molecule has 0 aliphatic rings. The molecule has 0 saturated carbocycles. The molecule has 1 aromatic heterocycles. The van der Waals surface area contributed by atoms with Crippen LogP contribution >= 0.6 is 0 Å². The highest BCUT2D eigenvalue weighted by Gasteiger charge is 2.20. The van der Waals surface area contributed by atoms with Crippen molar-refractivity contribution in [2.45, 2.75) is 26.2 Å². The summed E-state index contributed by atoms with van der Waals surface area (Å²) >= 11 is 0. The lowest BCUT2D eigenvalue weighted by Gasteiger charge is -2.20. The number of hydrogen-bond donors (Lipinski definition) is 1. The molecule has 1 amide bonds. The summed E-state index contributed by atoms with van der Waals surface area (Å²) in [7, 11) is 0. The molecular formula is C10H14N2O2. The largest absolute Gasteiger partial charge is 0.411 e. The van der Waals surface area contributed by atoms with Crippen molar-refractivity contribution in [3.05, 3.63) is 23.9 Å². The summed E-state index contributed by atoms with van der Waals surface area (Å²) in [6.07, 6.45) is 0.724. The number of amides is 1. The maximum absolute atomic E-state index is 10.6. The quantitative estimate of drug-likeness (QED) is 0.741. The highest BCUT2D eigenvalue weighted by Crippen LogP contribution is 2.28. The van der Waals surface area contributed by atoms with Crippen molar-refractivity contribution in [3.63, 3.8) is 0 Å². The number of carbonyl (C=O) groups excluding carboxylic acids is 1. The van der Waals surface area contributed by atoms with Crippen LogP contribution in [0.5, 0.6) is 5.88 Å². The Morgan fingerprint density at radius 2 is 2.14 bits per heavy atom. The molecule has 0 unspecified atom stereocenters. The van der Waals surface area contributed by atoms with Gasteiger partial charge in [-0.1, -0.05) is 26.8 Å². The second-order valence-electron chi connectivity index (χ2n) is 4.03. The molecule has 0 saturated heterocycles. The molecular weight excluding hydrogens is 180 g/mol. The van der Waals surface area contributed by atoms with Gasteiger partial charge < -0.3 is 10.5 Å². The van der Waals surface area contributed by atoms with Crippen LogP contribution in [0.4, 0.5) is 4.79 Å². The predicted octanol–water partition coefficient (Wildman–Crippen LogP) is 1.84. The number of hydrogen-bond acceptors (Lipinski definition) is 3. The Hall–Kier alpha value is -1.58. The standard InChI is InChI=1S/C10H14N2O2/c1-10(2,3)7-5-4-6-12-8(7)14-9(11)13/h4-6H,1-3H3,(H2,11,13). The second-order valence-corrected chi connectivity index (χ2v) is 4.03. The first-order valence-electron chi connectivity index (χ1n) is 4.34. The van der Waals surface area contributed by atoms with Crippen molar-refractivity contribution in [2.75, 3.05) is 0 Å². The van der Waals surface area contributed by atoms with E-state index in [9.17, 15) is 4.79 Å². The average molecular weight is 194 g/mol. The van der Waals surface area contributed by atoms with E-state index < -0.39 is 6.09 Å². The molecule has 1 aromatic rings. The zero-order valence-electron chi connectivity index (χ0n) is 8.57. The van der Waals surface area contributed by atoms with Crippen LogP contribution < -0.4 is 10.5 Å². The molecule has 4 heteroatoms. The van der Waals surface area contributed by atoms with E-state index in [1.54, 1.807) is 12.3 Å². The van der Waals surface area contributed by atoms with E-state index in [-0.39, 0.29) is 11.3 Å². The summed E-state index contributed by atoms with van der Waals surface area (Å²) in [5, 5.41) is 0. The van der Waals surface area contributed by atoms with Gasteiger partial charge in [0.15, 0.2) is 0 Å². The molecule has 0 radical (unpaired) electrons. The first kappa shape index (κ1) is 10.5. The van der Waals surface area contributed by atoms with Crippen LogP contribution in [0.2, 0.25) is 0 Å². The zero-order valence-corrected chi connectivity index (χ0v) is 8.57. The molecule has 0 aliphatic carbocycles. The van der Waals surface area contributed by atoms with Gasteiger partial charge in [-0.2, -0.15) is 0 Å². The number of primary amides is 1. The Balaban J connectivity index is 3.10. The molecule has 76 valence electrons. The Kier molecular flexibility index (Phi) is 2.74. The monoisotopic (exact) mass is 194 g/mol. The molecule has 0 fully saturated rings. The molecule has 0 atom stereocenters. The van der Waals surface area contributed by atoms with Crippen molar-refractivity contribution >= 4 is 6.09 Å². The second kappa shape index (κ2) is 3.65. The van der Waals surface area contributed by atoms with E-state index in [0.717, 1.165) is 5.56 Å². The predicted molar refractivity (Wildman–Crippen MR) is 53.1 cm³/mol. The minimum Gasteiger partial charge on any atom is -0.391 e. The normalized spacial score (nSPS) is 11.1. The third-order valence-electron chi connectivity index (χ3n) is 1.78. The van der Waals surface area contributed by atoms with Gasteiger partial charge in [0, 0.05) is 11.8 Å². The molecule has 1 rings (SSSR count). The third kappa shape index (κ3) is 2.45. The lowest BCUT2D eigenvalue weighted by molar-refractivity contribution is 0.208. The maximum atomic E-state index is 10.6. The highest BCUT2D eigenvalue weighted by atomic mass is 16.6. The third-order valence-corrected chi connectivity index (χ3v) is 1.78. The molecule has 0 aliphatic heterocycles. The number of rotatable bonds is 1. The number of nitrogens with two attached hydrogens (primary N) is 1. The molecule has 14 heavy (non-hydrogen) atoms. The SMILES string of the molecule is CC(C)(C)c1cccnc1OC(N)=O. The van der Waals surface area contributed by atoms with Gasteiger partial charge in [-0.25, -0.2) is 9.78 Å². The zero-order chi connectivity index (χ0) is 10.8.